The van der Waals surface area contributed by atoms with Crippen molar-refractivity contribution in [2.75, 3.05) is 26.2 Å². The summed E-state index contributed by atoms with van der Waals surface area (Å²) in [5.41, 5.74) is 1.86. The summed E-state index contributed by atoms with van der Waals surface area (Å²) >= 11 is 0. The van der Waals surface area contributed by atoms with Gasteiger partial charge in [0.1, 0.15) is 5.82 Å². The number of hydrogen-bond acceptors (Lipinski definition) is 7. The van der Waals surface area contributed by atoms with Gasteiger partial charge in [0.25, 0.3) is 11.8 Å². The van der Waals surface area contributed by atoms with E-state index in [0.29, 0.717) is 39.7 Å². The van der Waals surface area contributed by atoms with Gasteiger partial charge in [-0.1, -0.05) is 6.07 Å². The quantitative estimate of drug-likeness (QED) is 0.418. The molecule has 0 aliphatic carbocycles. The molecule has 1 aliphatic heterocycles. The molecule has 2 aromatic heterocycles. The molecule has 172 valence electrons. The SMILES string of the molecule is COc1cc(N2C(=O)c3cnc4c(c(C)nn4-c4cccc(F)c4)c3C2=O)cc(OC)c1OC. The maximum Gasteiger partial charge on any atom is 0.267 e. The number of halogens is 1. The average Bonchev–Trinajstić information content (AvgIpc) is 3.31. The highest BCUT2D eigenvalue weighted by atomic mass is 19.1. The predicted molar refractivity (Wildman–Crippen MR) is 121 cm³/mol. The van der Waals surface area contributed by atoms with Crippen molar-refractivity contribution < 1.29 is 28.2 Å². The number of methoxy groups -OCH3 is 3. The van der Waals surface area contributed by atoms with Crippen LogP contribution >= 0.6 is 0 Å². The van der Waals surface area contributed by atoms with E-state index in [1.807, 2.05) is 0 Å². The number of anilines is 1. The molecule has 5 rings (SSSR count). The zero-order valence-corrected chi connectivity index (χ0v) is 18.7. The second kappa shape index (κ2) is 7.84. The fraction of sp³-hybridized carbons (Fsp3) is 0.167. The number of ether oxygens (including phenoxy) is 3. The van der Waals surface area contributed by atoms with E-state index in [4.69, 9.17) is 14.2 Å². The van der Waals surface area contributed by atoms with Gasteiger partial charge >= 0.3 is 0 Å². The van der Waals surface area contributed by atoms with Crippen LogP contribution in [-0.2, 0) is 0 Å². The molecule has 0 bridgehead atoms. The monoisotopic (exact) mass is 462 g/mol. The highest BCUT2D eigenvalue weighted by molar-refractivity contribution is 6.37. The molecule has 0 fully saturated rings. The van der Waals surface area contributed by atoms with Gasteiger partial charge in [-0.05, 0) is 25.1 Å². The topological polar surface area (TPSA) is 95.8 Å². The van der Waals surface area contributed by atoms with Crippen LogP contribution in [0.25, 0.3) is 16.7 Å². The van der Waals surface area contributed by atoms with Gasteiger partial charge in [-0.15, -0.1) is 0 Å². The van der Waals surface area contributed by atoms with Gasteiger partial charge in [0.2, 0.25) is 5.75 Å². The summed E-state index contributed by atoms with van der Waals surface area (Å²) in [7, 11) is 4.35. The standard InChI is InChI=1S/C24H19FN4O5/c1-12-19-20-16(11-26-22(19)29(27-12)14-7-5-6-13(25)8-14)23(30)28(24(20)31)15-9-17(32-2)21(34-4)18(10-15)33-3/h5-11H,1-4H3. The van der Waals surface area contributed by atoms with Gasteiger partial charge in [0.05, 0.1) is 54.9 Å². The van der Waals surface area contributed by atoms with E-state index in [2.05, 4.69) is 10.1 Å². The predicted octanol–water partition coefficient (Wildman–Crippen LogP) is 3.69. The first kappa shape index (κ1) is 21.4. The lowest BCUT2D eigenvalue weighted by Gasteiger charge is -2.18. The third-order valence-electron chi connectivity index (χ3n) is 5.68. The molecule has 1 aliphatic rings. The van der Waals surface area contributed by atoms with Gasteiger partial charge in [-0.3, -0.25) is 9.59 Å². The zero-order chi connectivity index (χ0) is 24.1. The number of imide groups is 1. The van der Waals surface area contributed by atoms with Gasteiger partial charge in [-0.2, -0.15) is 5.10 Å². The molecular weight excluding hydrogens is 443 g/mol. The number of amides is 2. The van der Waals surface area contributed by atoms with E-state index < -0.39 is 17.6 Å². The molecule has 0 atom stereocenters. The van der Waals surface area contributed by atoms with Crippen LogP contribution < -0.4 is 19.1 Å². The average molecular weight is 462 g/mol. The fourth-order valence-electron chi connectivity index (χ4n) is 4.18. The van der Waals surface area contributed by atoms with E-state index in [1.54, 1.807) is 19.1 Å². The number of pyridine rings is 1. The summed E-state index contributed by atoms with van der Waals surface area (Å²) in [4.78, 5) is 32.3. The van der Waals surface area contributed by atoms with Crippen LogP contribution in [0.4, 0.5) is 10.1 Å². The lowest BCUT2D eigenvalue weighted by molar-refractivity contribution is 0.0926. The zero-order valence-electron chi connectivity index (χ0n) is 18.7. The molecule has 0 radical (unpaired) electrons. The van der Waals surface area contributed by atoms with Crippen LogP contribution in [0.5, 0.6) is 17.2 Å². The number of carbonyl (C=O) groups excluding carboxylic acids is 2. The minimum atomic E-state index is -0.540. The first-order valence-electron chi connectivity index (χ1n) is 10.2. The summed E-state index contributed by atoms with van der Waals surface area (Å²) in [6, 6.07) is 8.93. The third kappa shape index (κ3) is 2.99. The molecule has 3 heterocycles. The number of rotatable bonds is 5. The van der Waals surface area contributed by atoms with E-state index in [0.717, 1.165) is 4.90 Å². The molecule has 0 unspecified atom stereocenters. The van der Waals surface area contributed by atoms with Crippen molar-refractivity contribution in [3.8, 4) is 22.9 Å². The number of nitrogens with zero attached hydrogens (tertiary/aromatic N) is 4. The fourth-order valence-corrected chi connectivity index (χ4v) is 4.18. The number of hydrogen-bond donors (Lipinski definition) is 0. The van der Waals surface area contributed by atoms with Crippen LogP contribution in [0, 0.1) is 12.7 Å². The molecule has 4 aromatic rings. The first-order chi connectivity index (χ1) is 16.4. The number of benzene rings is 2. The van der Waals surface area contributed by atoms with Crippen molar-refractivity contribution in [2.24, 2.45) is 0 Å². The molecular formula is C24H19FN4O5. The van der Waals surface area contributed by atoms with Crippen molar-refractivity contribution in [3.05, 3.63) is 65.2 Å². The molecule has 2 aromatic carbocycles. The minimum absolute atomic E-state index is 0.146. The smallest absolute Gasteiger partial charge is 0.267 e. The molecule has 0 saturated carbocycles. The van der Waals surface area contributed by atoms with Gasteiger partial charge in [-0.25, -0.2) is 19.0 Å². The Morgan fingerprint density at radius 3 is 2.24 bits per heavy atom. The largest absolute Gasteiger partial charge is 0.493 e. The Morgan fingerprint density at radius 1 is 0.912 bits per heavy atom. The number of aromatic nitrogens is 3. The van der Waals surface area contributed by atoms with Crippen LogP contribution in [0.1, 0.15) is 26.4 Å². The molecule has 2 amide bonds. The molecule has 9 nitrogen and oxygen atoms in total. The Balaban J connectivity index is 1.69. The Kier molecular flexibility index (Phi) is 4.93. The Labute approximate surface area is 193 Å². The van der Waals surface area contributed by atoms with Crippen molar-refractivity contribution in [2.45, 2.75) is 6.92 Å². The van der Waals surface area contributed by atoms with Crippen molar-refractivity contribution >= 4 is 28.5 Å². The minimum Gasteiger partial charge on any atom is -0.493 e. The lowest BCUT2D eigenvalue weighted by Crippen LogP contribution is -2.29. The summed E-state index contributed by atoms with van der Waals surface area (Å²) in [6.45, 7) is 1.71. The van der Waals surface area contributed by atoms with Crippen molar-refractivity contribution in [1.82, 2.24) is 14.8 Å². The van der Waals surface area contributed by atoms with Gasteiger partial charge in [0, 0.05) is 18.3 Å². The van der Waals surface area contributed by atoms with Crippen LogP contribution in [-0.4, -0.2) is 47.9 Å². The van der Waals surface area contributed by atoms with Crippen LogP contribution in [0.2, 0.25) is 0 Å². The first-order valence-corrected chi connectivity index (χ1v) is 10.2. The summed E-state index contributed by atoms with van der Waals surface area (Å²) in [5.74, 6) is -0.579. The maximum atomic E-state index is 13.8. The second-order valence-electron chi connectivity index (χ2n) is 7.55. The highest BCUT2D eigenvalue weighted by Crippen LogP contribution is 2.43. The molecule has 10 heteroatoms. The van der Waals surface area contributed by atoms with Crippen LogP contribution in [0.15, 0.2) is 42.6 Å². The Hall–Kier alpha value is -4.47. The summed E-state index contributed by atoms with van der Waals surface area (Å²) in [5, 5.41) is 4.89. The number of fused-ring (bicyclic) bond motifs is 3. The van der Waals surface area contributed by atoms with E-state index in [-0.39, 0.29) is 16.8 Å². The normalized spacial score (nSPS) is 12.9. The highest BCUT2D eigenvalue weighted by Gasteiger charge is 2.40. The van der Waals surface area contributed by atoms with Crippen LogP contribution in [0.3, 0.4) is 0 Å². The molecule has 0 saturated heterocycles. The summed E-state index contributed by atoms with van der Waals surface area (Å²) in [6.07, 6.45) is 1.34. The lowest BCUT2D eigenvalue weighted by atomic mass is 10.1. The summed E-state index contributed by atoms with van der Waals surface area (Å²) < 4.78 is 31.3. The van der Waals surface area contributed by atoms with Crippen molar-refractivity contribution in [3.63, 3.8) is 0 Å². The van der Waals surface area contributed by atoms with E-state index in [9.17, 15) is 14.0 Å². The van der Waals surface area contributed by atoms with Gasteiger partial charge < -0.3 is 14.2 Å². The Bertz CT molecular complexity index is 1470. The maximum absolute atomic E-state index is 13.8. The molecule has 34 heavy (non-hydrogen) atoms. The van der Waals surface area contributed by atoms with Gasteiger partial charge in [0.15, 0.2) is 17.1 Å². The number of carbonyl (C=O) groups is 2. The van der Waals surface area contributed by atoms with E-state index >= 15 is 0 Å². The number of aryl methyl sites for hydroxylation is 1. The molecule has 0 spiro atoms. The third-order valence-corrected chi connectivity index (χ3v) is 5.68. The molecule has 0 N–H and O–H groups in total. The van der Waals surface area contributed by atoms with E-state index in [1.165, 1.54) is 56.5 Å². The Morgan fingerprint density at radius 2 is 1.62 bits per heavy atom. The van der Waals surface area contributed by atoms with Crippen molar-refractivity contribution in [1.29, 1.82) is 0 Å². The second-order valence-corrected chi connectivity index (χ2v) is 7.55.